The molecule has 1 heteroatoms. The average molecular weight is 131 g/mol. The first-order valence-electron chi connectivity index (χ1n) is 3.24. The molecule has 0 aliphatic carbocycles. The zero-order chi connectivity index (χ0) is 6.78. The monoisotopic (exact) mass is 131 g/mol. The van der Waals surface area contributed by atoms with Gasteiger partial charge in [-0.2, -0.15) is 0 Å². The van der Waals surface area contributed by atoms with Gasteiger partial charge in [-0.05, 0) is 11.8 Å². The molecule has 0 fully saturated rings. The maximum atomic E-state index is 5.75. The Bertz CT molecular complexity index is 61.5. The Hall–Kier alpha value is -0.0400. The maximum Gasteiger partial charge on any atom is 0.00850 e. The summed E-state index contributed by atoms with van der Waals surface area (Å²) in [5.74, 6) is 0. The molecule has 9 heavy (non-hydrogen) atoms. The zero-order valence-electron chi connectivity index (χ0n) is 6.36. The third-order valence-electron chi connectivity index (χ3n) is 1.55. The van der Waals surface area contributed by atoms with Gasteiger partial charge in [-0.1, -0.05) is 35.1 Å². The van der Waals surface area contributed by atoms with Crippen molar-refractivity contribution >= 4 is 0 Å². The quantitative estimate of drug-likeness (QED) is 0.581. The van der Waals surface area contributed by atoms with Crippen molar-refractivity contribution in [2.24, 2.45) is 11.1 Å². The molecular weight excluding hydrogens is 110 g/mol. The SMILES string of the molecule is C.CC[C@H](N)C(C)(C)C. The van der Waals surface area contributed by atoms with Gasteiger partial charge >= 0.3 is 0 Å². The van der Waals surface area contributed by atoms with E-state index < -0.39 is 0 Å². The van der Waals surface area contributed by atoms with E-state index >= 15 is 0 Å². The summed E-state index contributed by atoms with van der Waals surface area (Å²) < 4.78 is 0. The van der Waals surface area contributed by atoms with Gasteiger partial charge in [-0.3, -0.25) is 0 Å². The predicted molar refractivity (Wildman–Crippen MR) is 44.5 cm³/mol. The lowest BCUT2D eigenvalue weighted by Crippen LogP contribution is -2.33. The highest BCUT2D eigenvalue weighted by atomic mass is 14.7. The van der Waals surface area contributed by atoms with Crippen molar-refractivity contribution in [2.45, 2.75) is 47.6 Å². The average Bonchev–Trinajstić information content (AvgIpc) is 1.62. The van der Waals surface area contributed by atoms with Crippen LogP contribution in [0.2, 0.25) is 0 Å². The molecule has 0 rings (SSSR count). The molecule has 2 N–H and O–H groups in total. The summed E-state index contributed by atoms with van der Waals surface area (Å²) in [6, 6.07) is 0.350. The van der Waals surface area contributed by atoms with Crippen molar-refractivity contribution in [1.29, 1.82) is 0 Å². The molecule has 0 heterocycles. The van der Waals surface area contributed by atoms with Crippen LogP contribution in [0.1, 0.15) is 41.5 Å². The molecule has 0 spiro atoms. The van der Waals surface area contributed by atoms with E-state index in [1.807, 2.05) is 0 Å². The Labute approximate surface area is 59.6 Å². The second-order valence-electron chi connectivity index (χ2n) is 3.38. The first-order valence-corrected chi connectivity index (χ1v) is 3.24. The Morgan fingerprint density at radius 2 is 1.67 bits per heavy atom. The first kappa shape index (κ1) is 11.7. The number of nitrogens with two attached hydrogens (primary N) is 1. The highest BCUT2D eigenvalue weighted by Crippen LogP contribution is 2.18. The predicted octanol–water partition coefficient (Wildman–Crippen LogP) is 2.41. The lowest BCUT2D eigenvalue weighted by molar-refractivity contribution is 0.313. The van der Waals surface area contributed by atoms with Crippen molar-refractivity contribution in [2.75, 3.05) is 0 Å². The maximum absolute atomic E-state index is 5.75. The molecule has 0 saturated carbocycles. The van der Waals surface area contributed by atoms with E-state index in [-0.39, 0.29) is 12.8 Å². The molecule has 0 radical (unpaired) electrons. The van der Waals surface area contributed by atoms with Crippen LogP contribution in [-0.4, -0.2) is 6.04 Å². The molecule has 0 bridgehead atoms. The summed E-state index contributed by atoms with van der Waals surface area (Å²) in [7, 11) is 0. The van der Waals surface area contributed by atoms with Crippen LogP contribution in [0.3, 0.4) is 0 Å². The fourth-order valence-electron chi connectivity index (χ4n) is 0.612. The third-order valence-corrected chi connectivity index (χ3v) is 1.55. The van der Waals surface area contributed by atoms with Gasteiger partial charge in [0.05, 0.1) is 0 Å². The summed E-state index contributed by atoms with van der Waals surface area (Å²) in [4.78, 5) is 0. The van der Waals surface area contributed by atoms with Gasteiger partial charge in [0, 0.05) is 6.04 Å². The van der Waals surface area contributed by atoms with Gasteiger partial charge in [0.15, 0.2) is 0 Å². The molecule has 1 atom stereocenters. The van der Waals surface area contributed by atoms with Crippen LogP contribution in [0, 0.1) is 5.41 Å². The summed E-state index contributed by atoms with van der Waals surface area (Å²) in [6.07, 6.45) is 1.07. The minimum atomic E-state index is 0. The zero-order valence-corrected chi connectivity index (χ0v) is 6.36. The van der Waals surface area contributed by atoms with Gasteiger partial charge in [-0.25, -0.2) is 0 Å². The molecule has 58 valence electrons. The molecule has 0 aromatic heterocycles. The van der Waals surface area contributed by atoms with Crippen molar-refractivity contribution in [1.82, 2.24) is 0 Å². The lowest BCUT2D eigenvalue weighted by Gasteiger charge is -2.25. The van der Waals surface area contributed by atoms with Crippen LogP contribution in [-0.2, 0) is 0 Å². The Kier molecular flexibility index (Phi) is 5.06. The lowest BCUT2D eigenvalue weighted by atomic mass is 9.86. The molecule has 0 aromatic carbocycles. The molecule has 0 saturated heterocycles. The Balaban J connectivity index is 0. The Morgan fingerprint density at radius 3 is 1.67 bits per heavy atom. The molecule has 0 aliphatic rings. The molecular formula is C8H21N. The van der Waals surface area contributed by atoms with Crippen LogP contribution in [0.5, 0.6) is 0 Å². The topological polar surface area (TPSA) is 26.0 Å². The summed E-state index contributed by atoms with van der Waals surface area (Å²) in [5, 5.41) is 0. The van der Waals surface area contributed by atoms with Crippen molar-refractivity contribution in [3.63, 3.8) is 0 Å². The van der Waals surface area contributed by atoms with E-state index in [4.69, 9.17) is 5.73 Å². The van der Waals surface area contributed by atoms with Gasteiger partial charge in [0.2, 0.25) is 0 Å². The summed E-state index contributed by atoms with van der Waals surface area (Å²) in [5.41, 5.74) is 6.04. The standard InChI is InChI=1S/C7H17N.CH4/c1-5-6(8)7(2,3)4;/h6H,5,8H2,1-4H3;1H4/t6-;/m0./s1. The van der Waals surface area contributed by atoms with Crippen molar-refractivity contribution in [3.8, 4) is 0 Å². The largest absolute Gasteiger partial charge is 0.327 e. The fraction of sp³-hybridized carbons (Fsp3) is 1.00. The van der Waals surface area contributed by atoms with E-state index in [1.54, 1.807) is 0 Å². The van der Waals surface area contributed by atoms with Crippen LogP contribution in [0.15, 0.2) is 0 Å². The molecule has 0 aliphatic heterocycles. The Morgan fingerprint density at radius 1 is 1.33 bits per heavy atom. The van der Waals surface area contributed by atoms with Gasteiger partial charge in [0.1, 0.15) is 0 Å². The second kappa shape index (κ2) is 3.89. The van der Waals surface area contributed by atoms with Crippen molar-refractivity contribution in [3.05, 3.63) is 0 Å². The van der Waals surface area contributed by atoms with Gasteiger partial charge in [0.25, 0.3) is 0 Å². The normalized spacial score (nSPS) is 14.3. The van der Waals surface area contributed by atoms with Crippen LogP contribution < -0.4 is 5.73 Å². The van der Waals surface area contributed by atoms with E-state index in [1.165, 1.54) is 0 Å². The van der Waals surface area contributed by atoms with Crippen molar-refractivity contribution < 1.29 is 0 Å². The highest BCUT2D eigenvalue weighted by molar-refractivity contribution is 4.74. The van der Waals surface area contributed by atoms with Crippen LogP contribution in [0.4, 0.5) is 0 Å². The fourth-order valence-corrected chi connectivity index (χ4v) is 0.612. The van der Waals surface area contributed by atoms with E-state index in [2.05, 4.69) is 27.7 Å². The minimum absolute atomic E-state index is 0. The summed E-state index contributed by atoms with van der Waals surface area (Å²) in [6.45, 7) is 8.62. The van der Waals surface area contributed by atoms with Crippen LogP contribution in [0.25, 0.3) is 0 Å². The minimum Gasteiger partial charge on any atom is -0.327 e. The number of hydrogen-bond acceptors (Lipinski definition) is 1. The van der Waals surface area contributed by atoms with E-state index in [9.17, 15) is 0 Å². The molecule has 0 aromatic rings. The van der Waals surface area contributed by atoms with E-state index in [0.717, 1.165) is 6.42 Å². The number of rotatable bonds is 1. The van der Waals surface area contributed by atoms with Gasteiger partial charge < -0.3 is 5.73 Å². The van der Waals surface area contributed by atoms with E-state index in [0.29, 0.717) is 6.04 Å². The summed E-state index contributed by atoms with van der Waals surface area (Å²) >= 11 is 0. The first-order chi connectivity index (χ1) is 3.48. The third kappa shape index (κ3) is 4.46. The molecule has 0 amide bonds. The molecule has 0 unspecified atom stereocenters. The smallest absolute Gasteiger partial charge is 0.00850 e. The highest BCUT2D eigenvalue weighted by Gasteiger charge is 2.17. The van der Waals surface area contributed by atoms with Gasteiger partial charge in [-0.15, -0.1) is 0 Å². The second-order valence-corrected chi connectivity index (χ2v) is 3.38. The number of hydrogen-bond donors (Lipinski definition) is 1. The van der Waals surface area contributed by atoms with Crippen LogP contribution >= 0.6 is 0 Å². The molecule has 1 nitrogen and oxygen atoms in total.